The van der Waals surface area contributed by atoms with E-state index in [4.69, 9.17) is 10.5 Å². The summed E-state index contributed by atoms with van der Waals surface area (Å²) in [6.45, 7) is 4.71. The number of carbonyl (C=O) groups is 1. The molecule has 1 aromatic carbocycles. The third-order valence-electron chi connectivity index (χ3n) is 4.02. The second-order valence-corrected chi connectivity index (χ2v) is 5.19. The number of nitrogens with two attached hydrogens (primary N) is 1. The van der Waals surface area contributed by atoms with Gasteiger partial charge in [-0.3, -0.25) is 4.79 Å². The van der Waals surface area contributed by atoms with Gasteiger partial charge < -0.3 is 15.8 Å². The number of carbonyl (C=O) groups excluding carboxylic acids is 1. The van der Waals surface area contributed by atoms with E-state index in [9.17, 15) is 4.79 Å². The maximum Gasteiger partial charge on any atom is 0.224 e. The van der Waals surface area contributed by atoms with Crippen LogP contribution in [0.2, 0.25) is 0 Å². The highest BCUT2D eigenvalue weighted by molar-refractivity contribution is 5.95. The van der Waals surface area contributed by atoms with Crippen LogP contribution in [0.1, 0.15) is 36.0 Å². The standard InChI is InChI=1S/C14H18N2O2.ClH/c1-7-5-10-8(2)11(6-15)18-14(10)9-3-4-12(17)16-13(7)9;/h5,8,11H,3-4,6,15H2,1-2H3,(H,16,17);1H. The maximum atomic E-state index is 11.5. The van der Waals surface area contributed by atoms with Crippen molar-refractivity contribution < 1.29 is 9.53 Å². The fourth-order valence-corrected chi connectivity index (χ4v) is 2.93. The molecule has 0 fully saturated rings. The van der Waals surface area contributed by atoms with E-state index >= 15 is 0 Å². The lowest BCUT2D eigenvalue weighted by Crippen LogP contribution is -2.27. The first kappa shape index (κ1) is 14.2. The Bertz CT molecular complexity index is 531. The molecule has 0 radical (unpaired) electrons. The maximum absolute atomic E-state index is 11.5. The Balaban J connectivity index is 0.00000133. The zero-order valence-electron chi connectivity index (χ0n) is 11.2. The molecule has 0 aliphatic carbocycles. The molecule has 2 heterocycles. The monoisotopic (exact) mass is 282 g/mol. The molecule has 0 bridgehead atoms. The number of hydrogen-bond donors (Lipinski definition) is 2. The van der Waals surface area contributed by atoms with Crippen molar-refractivity contribution in [3.63, 3.8) is 0 Å². The molecule has 1 aromatic rings. The average Bonchev–Trinajstić information content (AvgIpc) is 2.67. The van der Waals surface area contributed by atoms with Crippen LogP contribution in [-0.4, -0.2) is 18.6 Å². The second kappa shape index (κ2) is 5.02. The first-order valence-corrected chi connectivity index (χ1v) is 6.44. The van der Waals surface area contributed by atoms with E-state index in [1.54, 1.807) is 0 Å². The van der Waals surface area contributed by atoms with Gasteiger partial charge in [-0.15, -0.1) is 12.4 Å². The van der Waals surface area contributed by atoms with Crippen molar-refractivity contribution in [2.24, 2.45) is 5.73 Å². The number of ether oxygens (including phenoxy) is 1. The zero-order valence-corrected chi connectivity index (χ0v) is 12.0. The van der Waals surface area contributed by atoms with Gasteiger partial charge in [-0.1, -0.05) is 6.92 Å². The van der Waals surface area contributed by atoms with Crippen molar-refractivity contribution in [2.45, 2.75) is 38.7 Å². The van der Waals surface area contributed by atoms with E-state index in [0.717, 1.165) is 29.0 Å². The summed E-state index contributed by atoms with van der Waals surface area (Å²) in [5, 5.41) is 2.96. The lowest BCUT2D eigenvalue weighted by molar-refractivity contribution is -0.116. The second-order valence-electron chi connectivity index (χ2n) is 5.19. The molecular formula is C14H19ClN2O2. The minimum atomic E-state index is 0. The Morgan fingerprint density at radius 3 is 2.89 bits per heavy atom. The molecule has 4 nitrogen and oxygen atoms in total. The van der Waals surface area contributed by atoms with Crippen molar-refractivity contribution in [3.8, 4) is 5.75 Å². The smallest absolute Gasteiger partial charge is 0.224 e. The molecule has 1 amide bonds. The van der Waals surface area contributed by atoms with Crippen molar-refractivity contribution in [1.29, 1.82) is 0 Å². The molecule has 3 N–H and O–H groups in total. The molecule has 19 heavy (non-hydrogen) atoms. The molecule has 0 saturated heterocycles. The average molecular weight is 283 g/mol. The molecule has 2 unspecified atom stereocenters. The van der Waals surface area contributed by atoms with Gasteiger partial charge in [-0.2, -0.15) is 0 Å². The highest BCUT2D eigenvalue weighted by atomic mass is 35.5. The van der Waals surface area contributed by atoms with Gasteiger partial charge in [0.2, 0.25) is 5.91 Å². The van der Waals surface area contributed by atoms with Gasteiger partial charge >= 0.3 is 0 Å². The first-order chi connectivity index (χ1) is 8.61. The van der Waals surface area contributed by atoms with E-state index < -0.39 is 0 Å². The van der Waals surface area contributed by atoms with Crippen LogP contribution in [0.3, 0.4) is 0 Å². The van der Waals surface area contributed by atoms with Crippen molar-refractivity contribution in [1.82, 2.24) is 0 Å². The Morgan fingerprint density at radius 2 is 2.21 bits per heavy atom. The number of halogens is 1. The van der Waals surface area contributed by atoms with Crippen molar-refractivity contribution >= 4 is 24.0 Å². The van der Waals surface area contributed by atoms with E-state index in [2.05, 4.69) is 18.3 Å². The Kier molecular flexibility index (Phi) is 3.74. The van der Waals surface area contributed by atoms with Gasteiger partial charge in [0.25, 0.3) is 0 Å². The van der Waals surface area contributed by atoms with Crippen LogP contribution in [0.5, 0.6) is 5.75 Å². The summed E-state index contributed by atoms with van der Waals surface area (Å²) in [6, 6.07) is 2.13. The zero-order chi connectivity index (χ0) is 12.9. The first-order valence-electron chi connectivity index (χ1n) is 6.44. The quantitative estimate of drug-likeness (QED) is 0.829. The lowest BCUT2D eigenvalue weighted by Gasteiger charge is -2.21. The van der Waals surface area contributed by atoms with Crippen LogP contribution < -0.4 is 15.8 Å². The number of fused-ring (bicyclic) bond motifs is 3. The molecule has 0 spiro atoms. The molecule has 0 saturated carbocycles. The van der Waals surface area contributed by atoms with Gasteiger partial charge in [-0.25, -0.2) is 0 Å². The topological polar surface area (TPSA) is 64.3 Å². The summed E-state index contributed by atoms with van der Waals surface area (Å²) in [6.07, 6.45) is 1.35. The SMILES string of the molecule is Cc1cc2c(c3c1NC(=O)CC3)OC(CN)C2C.Cl. The summed E-state index contributed by atoms with van der Waals surface area (Å²) < 4.78 is 5.98. The third-order valence-corrected chi connectivity index (χ3v) is 4.02. The van der Waals surface area contributed by atoms with Crippen LogP contribution in [0.15, 0.2) is 6.07 Å². The van der Waals surface area contributed by atoms with Crippen LogP contribution in [0.25, 0.3) is 0 Å². The van der Waals surface area contributed by atoms with E-state index in [1.807, 2.05) is 6.92 Å². The molecule has 3 rings (SSSR count). The normalized spacial score (nSPS) is 23.8. The van der Waals surface area contributed by atoms with Crippen molar-refractivity contribution in [2.75, 3.05) is 11.9 Å². The number of benzene rings is 1. The van der Waals surface area contributed by atoms with Gasteiger partial charge in [-0.05, 0) is 25.0 Å². The third kappa shape index (κ3) is 2.09. The summed E-state index contributed by atoms with van der Waals surface area (Å²) in [5.74, 6) is 1.37. The number of hydrogen-bond acceptors (Lipinski definition) is 3. The molecule has 2 aliphatic rings. The minimum Gasteiger partial charge on any atom is -0.488 e. The lowest BCUT2D eigenvalue weighted by atomic mass is 9.90. The number of anilines is 1. The molecule has 104 valence electrons. The highest BCUT2D eigenvalue weighted by Gasteiger charge is 2.34. The van der Waals surface area contributed by atoms with E-state index in [-0.39, 0.29) is 24.4 Å². The van der Waals surface area contributed by atoms with Crippen LogP contribution >= 0.6 is 12.4 Å². The summed E-state index contributed by atoms with van der Waals surface area (Å²) in [4.78, 5) is 11.5. The summed E-state index contributed by atoms with van der Waals surface area (Å²) >= 11 is 0. The van der Waals surface area contributed by atoms with E-state index in [0.29, 0.717) is 18.9 Å². The van der Waals surface area contributed by atoms with E-state index in [1.165, 1.54) is 5.56 Å². The predicted molar refractivity (Wildman–Crippen MR) is 77.3 cm³/mol. The number of amides is 1. The number of nitrogens with one attached hydrogen (secondary N) is 1. The van der Waals surface area contributed by atoms with Crippen LogP contribution in [0, 0.1) is 6.92 Å². The van der Waals surface area contributed by atoms with Crippen molar-refractivity contribution in [3.05, 3.63) is 22.8 Å². The highest BCUT2D eigenvalue weighted by Crippen LogP contribution is 2.46. The number of aryl methyl sites for hydroxylation is 1. The number of rotatable bonds is 1. The summed E-state index contributed by atoms with van der Waals surface area (Å²) in [5.41, 5.74) is 10.2. The van der Waals surface area contributed by atoms with Crippen LogP contribution in [-0.2, 0) is 11.2 Å². The summed E-state index contributed by atoms with van der Waals surface area (Å²) in [7, 11) is 0. The fourth-order valence-electron chi connectivity index (χ4n) is 2.93. The molecular weight excluding hydrogens is 264 g/mol. The Hall–Kier alpha value is -1.26. The Morgan fingerprint density at radius 1 is 1.47 bits per heavy atom. The van der Waals surface area contributed by atoms with Crippen LogP contribution in [0.4, 0.5) is 5.69 Å². The molecule has 5 heteroatoms. The molecule has 2 aliphatic heterocycles. The largest absolute Gasteiger partial charge is 0.488 e. The van der Waals surface area contributed by atoms with Gasteiger partial charge in [0.05, 0.1) is 5.69 Å². The van der Waals surface area contributed by atoms with Gasteiger partial charge in [0.1, 0.15) is 11.9 Å². The molecule has 2 atom stereocenters. The Labute approximate surface area is 119 Å². The molecule has 0 aromatic heterocycles. The van der Waals surface area contributed by atoms with Gasteiger partial charge in [0, 0.05) is 30.0 Å². The predicted octanol–water partition coefficient (Wildman–Crippen LogP) is 2.12. The minimum absolute atomic E-state index is 0. The fraction of sp³-hybridized carbons (Fsp3) is 0.500. The van der Waals surface area contributed by atoms with Gasteiger partial charge in [0.15, 0.2) is 0 Å².